The topological polar surface area (TPSA) is 80.5 Å². The van der Waals surface area contributed by atoms with Gasteiger partial charge in [0.05, 0.1) is 10.6 Å². The SMILES string of the molecule is C1=C[C@@H]2CCC1C2.O=CN(C=O)c1ccc(F)c([N+](=O)[O-])c1. The van der Waals surface area contributed by atoms with Crippen LogP contribution in [0.5, 0.6) is 0 Å². The molecule has 0 spiro atoms. The van der Waals surface area contributed by atoms with Gasteiger partial charge in [-0.05, 0) is 43.2 Å². The van der Waals surface area contributed by atoms with Crippen LogP contribution in [0.25, 0.3) is 0 Å². The quantitative estimate of drug-likeness (QED) is 0.371. The Kier molecular flexibility index (Phi) is 4.98. The van der Waals surface area contributed by atoms with Crippen LogP contribution < -0.4 is 4.90 Å². The maximum Gasteiger partial charge on any atom is 0.306 e. The molecule has 7 heteroatoms. The summed E-state index contributed by atoms with van der Waals surface area (Å²) in [7, 11) is 0. The fraction of sp³-hybridized carbons (Fsp3) is 0.333. The number of hydrogen-bond acceptors (Lipinski definition) is 4. The van der Waals surface area contributed by atoms with Gasteiger partial charge in [0.15, 0.2) is 0 Å². The number of anilines is 1. The van der Waals surface area contributed by atoms with Gasteiger partial charge in [-0.25, -0.2) is 0 Å². The molecule has 1 fully saturated rings. The van der Waals surface area contributed by atoms with E-state index in [1.165, 1.54) is 19.3 Å². The van der Waals surface area contributed by atoms with Crippen LogP contribution in [0.2, 0.25) is 0 Å². The summed E-state index contributed by atoms with van der Waals surface area (Å²) in [6.07, 6.45) is 9.53. The molecule has 2 aliphatic carbocycles. The lowest BCUT2D eigenvalue weighted by Gasteiger charge is -2.07. The molecule has 0 aliphatic heterocycles. The predicted octanol–water partition coefficient (Wildman–Crippen LogP) is 2.83. The molecule has 0 saturated heterocycles. The molecule has 2 amide bonds. The second-order valence-corrected chi connectivity index (χ2v) is 5.23. The highest BCUT2D eigenvalue weighted by Crippen LogP contribution is 2.38. The molecule has 0 aromatic heterocycles. The molecule has 2 atom stereocenters. The second kappa shape index (κ2) is 6.93. The summed E-state index contributed by atoms with van der Waals surface area (Å²) >= 11 is 0. The Hall–Kier alpha value is -2.57. The van der Waals surface area contributed by atoms with E-state index >= 15 is 0 Å². The number of hydrogen-bond donors (Lipinski definition) is 0. The Bertz CT molecular complexity index is 598. The molecule has 3 rings (SSSR count). The molecular formula is C15H15FN2O4. The van der Waals surface area contributed by atoms with Crippen molar-refractivity contribution < 1.29 is 18.9 Å². The number of fused-ring (bicyclic) bond motifs is 2. The predicted molar refractivity (Wildman–Crippen MR) is 77.6 cm³/mol. The monoisotopic (exact) mass is 306 g/mol. The number of benzene rings is 1. The molecule has 2 aliphatic rings. The van der Waals surface area contributed by atoms with Crippen molar-refractivity contribution in [2.45, 2.75) is 19.3 Å². The van der Waals surface area contributed by atoms with Crippen molar-refractivity contribution >= 4 is 24.2 Å². The number of imide groups is 1. The van der Waals surface area contributed by atoms with Gasteiger partial charge in [-0.1, -0.05) is 12.2 Å². The first-order valence-corrected chi connectivity index (χ1v) is 6.86. The molecule has 0 heterocycles. The summed E-state index contributed by atoms with van der Waals surface area (Å²) < 4.78 is 12.9. The van der Waals surface area contributed by atoms with Crippen LogP contribution in [0.4, 0.5) is 15.8 Å². The Morgan fingerprint density at radius 2 is 1.77 bits per heavy atom. The molecule has 1 saturated carbocycles. The molecule has 2 bridgehead atoms. The highest BCUT2D eigenvalue weighted by Gasteiger charge is 2.25. The Labute approximate surface area is 126 Å². The van der Waals surface area contributed by atoms with Crippen molar-refractivity contribution in [3.63, 3.8) is 0 Å². The lowest BCUT2D eigenvalue weighted by molar-refractivity contribution is -0.387. The largest absolute Gasteiger partial charge is 0.306 e. The molecule has 0 radical (unpaired) electrons. The van der Waals surface area contributed by atoms with Crippen LogP contribution >= 0.6 is 0 Å². The van der Waals surface area contributed by atoms with Crippen LogP contribution in [0.1, 0.15) is 19.3 Å². The van der Waals surface area contributed by atoms with Crippen LogP contribution in [0.3, 0.4) is 0 Å². The molecule has 1 unspecified atom stereocenters. The Morgan fingerprint density at radius 3 is 2.14 bits per heavy atom. The number of nitro benzene ring substituents is 1. The maximum absolute atomic E-state index is 12.9. The number of amides is 2. The van der Waals surface area contributed by atoms with E-state index in [1.54, 1.807) is 0 Å². The lowest BCUT2D eigenvalue weighted by atomic mass is 10.1. The standard InChI is InChI=1S/C8H5FN2O4.C7H10/c9-7-2-1-6(10(4-12)5-13)3-8(7)11(14)15;1-2-7-4-3-6(1)5-7/h1-5H;1-2,6-7H,3-5H2/t;6-,7?/m.1/s1. The molecule has 116 valence electrons. The third-order valence-electron chi connectivity index (χ3n) is 3.82. The lowest BCUT2D eigenvalue weighted by Crippen LogP contribution is -2.18. The number of halogens is 1. The third-order valence-corrected chi connectivity index (χ3v) is 3.82. The van der Waals surface area contributed by atoms with Crippen molar-refractivity contribution in [2.24, 2.45) is 11.8 Å². The molecule has 1 aromatic carbocycles. The van der Waals surface area contributed by atoms with Gasteiger partial charge in [0.2, 0.25) is 18.6 Å². The average Bonchev–Trinajstić information content (AvgIpc) is 3.15. The van der Waals surface area contributed by atoms with Crippen molar-refractivity contribution in [3.05, 3.63) is 46.3 Å². The molecular weight excluding hydrogens is 291 g/mol. The first kappa shape index (κ1) is 15.8. The van der Waals surface area contributed by atoms with Gasteiger partial charge in [0.25, 0.3) is 0 Å². The smallest absolute Gasteiger partial charge is 0.278 e. The summed E-state index contributed by atoms with van der Waals surface area (Å²) in [6.45, 7) is 0. The number of nitrogens with zero attached hydrogens (tertiary/aromatic N) is 2. The van der Waals surface area contributed by atoms with Gasteiger partial charge in [0.1, 0.15) is 0 Å². The van der Waals surface area contributed by atoms with Crippen LogP contribution in [-0.4, -0.2) is 17.7 Å². The van der Waals surface area contributed by atoms with E-state index in [-0.39, 0.29) is 18.5 Å². The van der Waals surface area contributed by atoms with E-state index in [1.807, 2.05) is 0 Å². The zero-order valence-electron chi connectivity index (χ0n) is 11.7. The van der Waals surface area contributed by atoms with Crippen LogP contribution in [0, 0.1) is 27.8 Å². The van der Waals surface area contributed by atoms with Gasteiger partial charge < -0.3 is 0 Å². The minimum Gasteiger partial charge on any atom is -0.278 e. The molecule has 22 heavy (non-hydrogen) atoms. The van der Waals surface area contributed by atoms with Crippen molar-refractivity contribution in [3.8, 4) is 0 Å². The summed E-state index contributed by atoms with van der Waals surface area (Å²) in [5.41, 5.74) is -0.852. The van der Waals surface area contributed by atoms with E-state index < -0.39 is 16.4 Å². The number of carbonyl (C=O) groups excluding carboxylic acids is 2. The highest BCUT2D eigenvalue weighted by molar-refractivity contribution is 5.95. The minimum absolute atomic E-state index is 0.0619. The van der Waals surface area contributed by atoms with Crippen LogP contribution in [0.15, 0.2) is 30.4 Å². The number of allylic oxidation sites excluding steroid dienone is 2. The van der Waals surface area contributed by atoms with E-state index in [0.717, 1.165) is 30.0 Å². The van der Waals surface area contributed by atoms with Gasteiger partial charge >= 0.3 is 5.69 Å². The van der Waals surface area contributed by atoms with E-state index in [9.17, 15) is 24.1 Å². The zero-order chi connectivity index (χ0) is 16.1. The third kappa shape index (κ3) is 3.55. The number of rotatable bonds is 4. The summed E-state index contributed by atoms with van der Waals surface area (Å²) in [6, 6.07) is 2.71. The maximum atomic E-state index is 12.9. The Morgan fingerprint density at radius 1 is 1.18 bits per heavy atom. The summed E-state index contributed by atoms with van der Waals surface area (Å²) in [5.74, 6) is 0.954. The molecule has 0 N–H and O–H groups in total. The van der Waals surface area contributed by atoms with Gasteiger partial charge in [0, 0.05) is 6.07 Å². The second-order valence-electron chi connectivity index (χ2n) is 5.23. The fourth-order valence-corrected chi connectivity index (χ4v) is 2.66. The van der Waals surface area contributed by atoms with Crippen molar-refractivity contribution in [1.29, 1.82) is 0 Å². The molecule has 6 nitrogen and oxygen atoms in total. The summed E-state index contributed by atoms with van der Waals surface area (Å²) in [5, 5.41) is 10.3. The van der Waals surface area contributed by atoms with Crippen LogP contribution in [-0.2, 0) is 9.59 Å². The first-order valence-electron chi connectivity index (χ1n) is 6.86. The van der Waals surface area contributed by atoms with Crippen molar-refractivity contribution in [2.75, 3.05) is 4.90 Å². The number of nitro groups is 1. The van der Waals surface area contributed by atoms with Crippen molar-refractivity contribution in [1.82, 2.24) is 0 Å². The minimum atomic E-state index is -1.03. The number of carbonyl (C=O) groups is 2. The molecule has 1 aromatic rings. The zero-order valence-corrected chi connectivity index (χ0v) is 11.7. The summed E-state index contributed by atoms with van der Waals surface area (Å²) in [4.78, 5) is 30.6. The highest BCUT2D eigenvalue weighted by atomic mass is 19.1. The van der Waals surface area contributed by atoms with E-state index in [2.05, 4.69) is 12.2 Å². The Balaban J connectivity index is 0.000000205. The van der Waals surface area contributed by atoms with Gasteiger partial charge in [-0.15, -0.1) is 0 Å². The van der Waals surface area contributed by atoms with Gasteiger partial charge in [-0.3, -0.25) is 24.6 Å². The average molecular weight is 306 g/mol. The van der Waals surface area contributed by atoms with E-state index in [4.69, 9.17) is 0 Å². The van der Waals surface area contributed by atoms with E-state index in [0.29, 0.717) is 4.90 Å². The first-order chi connectivity index (χ1) is 10.5. The fourth-order valence-electron chi connectivity index (χ4n) is 2.66. The van der Waals surface area contributed by atoms with Gasteiger partial charge in [-0.2, -0.15) is 4.39 Å². The normalized spacial score (nSPS) is 21.0.